The van der Waals surface area contributed by atoms with Crippen molar-refractivity contribution in [2.24, 2.45) is 5.73 Å². The van der Waals surface area contributed by atoms with Crippen LogP contribution in [-0.2, 0) is 19.1 Å². The maximum absolute atomic E-state index is 12.5. The Bertz CT molecular complexity index is 431. The normalized spacial score (nSPS) is 20.0. The van der Waals surface area contributed by atoms with Crippen LogP contribution in [0.1, 0.15) is 26.2 Å². The molecule has 132 valence electrons. The Morgan fingerprint density at radius 2 is 2.04 bits per heavy atom. The number of esters is 1. The van der Waals surface area contributed by atoms with E-state index in [1.165, 1.54) is 4.90 Å². The summed E-state index contributed by atoms with van der Waals surface area (Å²) in [5.41, 5.74) is 5.36. The van der Waals surface area contributed by atoms with Gasteiger partial charge in [0.1, 0.15) is 18.1 Å². The number of nitrogens with one attached hydrogen (secondary N) is 1. The third-order valence-corrected chi connectivity index (χ3v) is 3.59. The second-order valence-corrected chi connectivity index (χ2v) is 5.39. The second-order valence-electron chi connectivity index (χ2n) is 5.39. The van der Waals surface area contributed by atoms with E-state index in [1.54, 1.807) is 0 Å². The highest BCUT2D eigenvalue weighted by atomic mass is 16.5. The lowest BCUT2D eigenvalue weighted by Crippen LogP contribution is -2.56. The number of hydrogen-bond donors (Lipinski definition) is 4. The molecule has 1 heterocycles. The van der Waals surface area contributed by atoms with Gasteiger partial charge in [-0.25, -0.2) is 4.79 Å². The minimum Gasteiger partial charge on any atom is -0.464 e. The number of carbonyl (C=O) groups is 3. The summed E-state index contributed by atoms with van der Waals surface area (Å²) in [7, 11) is 0. The Balaban J connectivity index is 2.71. The highest BCUT2D eigenvalue weighted by Gasteiger charge is 2.38. The molecule has 1 saturated heterocycles. The van der Waals surface area contributed by atoms with Crippen molar-refractivity contribution in [3.05, 3.63) is 0 Å². The van der Waals surface area contributed by atoms with Crippen molar-refractivity contribution in [2.45, 2.75) is 44.3 Å². The summed E-state index contributed by atoms with van der Waals surface area (Å²) in [5, 5.41) is 20.5. The van der Waals surface area contributed by atoms with Crippen molar-refractivity contribution in [2.75, 3.05) is 26.4 Å². The summed E-state index contributed by atoms with van der Waals surface area (Å²) in [5.74, 6) is -1.79. The molecule has 0 unspecified atom stereocenters. The zero-order valence-electron chi connectivity index (χ0n) is 13.2. The Kier molecular flexibility index (Phi) is 7.93. The zero-order chi connectivity index (χ0) is 17.4. The number of aliphatic hydroxyl groups excluding tert-OH is 2. The summed E-state index contributed by atoms with van der Waals surface area (Å²) in [6, 6.07) is -3.09. The lowest BCUT2D eigenvalue weighted by Gasteiger charge is -2.27. The highest BCUT2D eigenvalue weighted by Crippen LogP contribution is 2.19. The molecule has 0 aromatic carbocycles. The molecule has 3 atom stereocenters. The fraction of sp³-hybridized carbons (Fsp3) is 0.786. The van der Waals surface area contributed by atoms with Crippen molar-refractivity contribution < 1.29 is 29.3 Å². The molecule has 2 amide bonds. The topological polar surface area (TPSA) is 142 Å². The van der Waals surface area contributed by atoms with Crippen molar-refractivity contribution in [1.82, 2.24) is 10.2 Å². The van der Waals surface area contributed by atoms with E-state index in [2.05, 4.69) is 5.32 Å². The molecule has 1 rings (SSSR count). The number of rotatable bonds is 8. The molecule has 1 fully saturated rings. The number of aliphatic hydroxyl groups is 2. The van der Waals surface area contributed by atoms with Gasteiger partial charge in [-0.05, 0) is 19.3 Å². The number of nitrogens with zero attached hydrogens (tertiary/aromatic N) is 1. The van der Waals surface area contributed by atoms with Crippen molar-refractivity contribution in [3.8, 4) is 0 Å². The monoisotopic (exact) mass is 331 g/mol. The summed E-state index contributed by atoms with van der Waals surface area (Å²) in [4.78, 5) is 37.4. The predicted octanol–water partition coefficient (Wildman–Crippen LogP) is -2.27. The van der Waals surface area contributed by atoms with E-state index >= 15 is 0 Å². The van der Waals surface area contributed by atoms with E-state index in [9.17, 15) is 19.5 Å². The first-order chi connectivity index (χ1) is 11.0. The molecule has 23 heavy (non-hydrogen) atoms. The molecule has 0 saturated carbocycles. The maximum Gasteiger partial charge on any atom is 0.328 e. The van der Waals surface area contributed by atoms with Crippen LogP contribution in [0, 0.1) is 0 Å². The van der Waals surface area contributed by atoms with Crippen LogP contribution in [0.15, 0.2) is 0 Å². The number of likely N-dealkylation sites (tertiary alicyclic amines) is 1. The van der Waals surface area contributed by atoms with Gasteiger partial charge in [-0.2, -0.15) is 0 Å². The molecule has 9 heteroatoms. The number of amides is 2. The first kappa shape index (κ1) is 19.3. The van der Waals surface area contributed by atoms with Crippen LogP contribution in [0.2, 0.25) is 0 Å². The van der Waals surface area contributed by atoms with Gasteiger partial charge in [0, 0.05) is 6.54 Å². The van der Waals surface area contributed by atoms with Gasteiger partial charge in [-0.3, -0.25) is 9.59 Å². The quantitative estimate of drug-likeness (QED) is 0.367. The number of hydrogen-bond acceptors (Lipinski definition) is 7. The third kappa shape index (κ3) is 5.15. The zero-order valence-corrected chi connectivity index (χ0v) is 13.2. The SMILES string of the molecule is CCCOC(=O)[C@@H]1CCCN1C(=O)[C@H](CO)NC(=O)[C@@H](N)CO. The van der Waals surface area contributed by atoms with Crippen LogP contribution in [0.25, 0.3) is 0 Å². The third-order valence-electron chi connectivity index (χ3n) is 3.59. The van der Waals surface area contributed by atoms with E-state index in [0.717, 1.165) is 0 Å². The lowest BCUT2D eigenvalue weighted by atomic mass is 10.2. The summed E-state index contributed by atoms with van der Waals surface area (Å²) in [6.45, 7) is 1.29. The Hall–Kier alpha value is -1.71. The molecular formula is C14H25N3O6. The van der Waals surface area contributed by atoms with Gasteiger partial charge < -0.3 is 30.9 Å². The first-order valence-corrected chi connectivity index (χ1v) is 7.71. The summed E-state index contributed by atoms with van der Waals surface area (Å²) in [6.07, 6.45) is 1.80. The molecule has 9 nitrogen and oxygen atoms in total. The van der Waals surface area contributed by atoms with Crippen LogP contribution in [0.3, 0.4) is 0 Å². The van der Waals surface area contributed by atoms with Gasteiger partial charge in [0.15, 0.2) is 0 Å². The van der Waals surface area contributed by atoms with Crippen LogP contribution in [0.5, 0.6) is 0 Å². The second kappa shape index (κ2) is 9.43. The maximum atomic E-state index is 12.5. The van der Waals surface area contributed by atoms with Gasteiger partial charge in [0.2, 0.25) is 11.8 Å². The Morgan fingerprint density at radius 1 is 1.35 bits per heavy atom. The standard InChI is InChI=1S/C14H25N3O6/c1-2-6-23-14(22)11-4-3-5-17(11)13(21)10(8-19)16-12(20)9(15)7-18/h9-11,18-19H,2-8,15H2,1H3,(H,16,20)/t9-,10-,11-/m0/s1. The Labute approximate surface area is 134 Å². The minimum absolute atomic E-state index is 0.281. The van der Waals surface area contributed by atoms with E-state index in [4.69, 9.17) is 15.6 Å². The largest absolute Gasteiger partial charge is 0.464 e. The smallest absolute Gasteiger partial charge is 0.328 e. The molecule has 0 aliphatic carbocycles. The average Bonchev–Trinajstić information content (AvgIpc) is 3.05. The van der Waals surface area contributed by atoms with E-state index in [1.807, 2.05) is 6.92 Å². The van der Waals surface area contributed by atoms with Crippen LogP contribution in [-0.4, -0.2) is 77.4 Å². The van der Waals surface area contributed by atoms with Crippen LogP contribution >= 0.6 is 0 Å². The molecule has 0 radical (unpaired) electrons. The predicted molar refractivity (Wildman–Crippen MR) is 80.1 cm³/mol. The first-order valence-electron chi connectivity index (χ1n) is 7.71. The van der Waals surface area contributed by atoms with Gasteiger partial charge >= 0.3 is 5.97 Å². The van der Waals surface area contributed by atoms with Gasteiger partial charge in [-0.15, -0.1) is 0 Å². The van der Waals surface area contributed by atoms with Crippen molar-refractivity contribution in [1.29, 1.82) is 0 Å². The fourth-order valence-electron chi connectivity index (χ4n) is 2.32. The molecule has 1 aliphatic rings. The van der Waals surface area contributed by atoms with E-state index in [-0.39, 0.29) is 6.61 Å². The highest BCUT2D eigenvalue weighted by molar-refractivity contribution is 5.92. The molecule has 0 spiro atoms. The molecule has 0 aromatic rings. The Morgan fingerprint density at radius 3 is 2.61 bits per heavy atom. The minimum atomic E-state index is -1.21. The molecular weight excluding hydrogens is 306 g/mol. The molecule has 1 aliphatic heterocycles. The molecule has 0 aromatic heterocycles. The van der Waals surface area contributed by atoms with E-state index in [0.29, 0.717) is 25.8 Å². The van der Waals surface area contributed by atoms with Crippen LogP contribution in [0.4, 0.5) is 0 Å². The number of carbonyl (C=O) groups excluding carboxylic acids is 3. The lowest BCUT2D eigenvalue weighted by molar-refractivity contribution is -0.154. The van der Waals surface area contributed by atoms with E-state index < -0.39 is 49.1 Å². The summed E-state index contributed by atoms with van der Waals surface area (Å²) >= 11 is 0. The fourth-order valence-corrected chi connectivity index (χ4v) is 2.32. The number of nitrogens with two attached hydrogens (primary N) is 1. The van der Waals surface area contributed by atoms with Gasteiger partial charge in [-0.1, -0.05) is 6.92 Å². The van der Waals surface area contributed by atoms with Gasteiger partial charge in [0.05, 0.1) is 19.8 Å². The molecule has 5 N–H and O–H groups in total. The van der Waals surface area contributed by atoms with Gasteiger partial charge in [0.25, 0.3) is 0 Å². The van der Waals surface area contributed by atoms with Crippen LogP contribution < -0.4 is 11.1 Å². The number of ether oxygens (including phenoxy) is 1. The molecule has 0 bridgehead atoms. The summed E-state index contributed by atoms with van der Waals surface area (Å²) < 4.78 is 5.07. The average molecular weight is 331 g/mol. The van der Waals surface area contributed by atoms with Crippen molar-refractivity contribution in [3.63, 3.8) is 0 Å². The van der Waals surface area contributed by atoms with Crippen molar-refractivity contribution >= 4 is 17.8 Å².